The Bertz CT molecular complexity index is 263. The zero-order valence-electron chi connectivity index (χ0n) is 5.99. The molecular weight excluding hydrogens is 175 g/mol. The van der Waals surface area contributed by atoms with Crippen LogP contribution in [0.25, 0.3) is 0 Å². The van der Waals surface area contributed by atoms with Gasteiger partial charge < -0.3 is 0 Å². The second-order valence-electron chi connectivity index (χ2n) is 2.15. The third-order valence-corrected chi connectivity index (χ3v) is 2.28. The smallest absolute Gasteiger partial charge is 0.246 e. The van der Waals surface area contributed by atoms with Crippen molar-refractivity contribution in [1.29, 1.82) is 0 Å². The molecule has 1 aromatic heterocycles. The van der Waals surface area contributed by atoms with E-state index in [9.17, 15) is 13.2 Å². The molecule has 1 aromatic rings. The zero-order valence-corrected chi connectivity index (χ0v) is 6.81. The third-order valence-electron chi connectivity index (χ3n) is 1.16. The van der Waals surface area contributed by atoms with Gasteiger partial charge in [-0.05, 0) is 13.8 Å². The maximum atomic E-state index is 12.0. The van der Waals surface area contributed by atoms with Crippen molar-refractivity contribution in [3.63, 3.8) is 0 Å². The summed E-state index contributed by atoms with van der Waals surface area (Å²) in [6, 6.07) is 0. The van der Waals surface area contributed by atoms with E-state index in [4.69, 9.17) is 0 Å². The van der Waals surface area contributed by atoms with Gasteiger partial charge in [0.15, 0.2) is 0 Å². The molecule has 0 fully saturated rings. The first-order valence-electron chi connectivity index (χ1n) is 2.92. The molecule has 0 aliphatic heterocycles. The lowest BCUT2D eigenvalue weighted by atomic mass is 10.4. The highest BCUT2D eigenvalue weighted by Gasteiger charge is 2.35. The molecule has 0 saturated heterocycles. The van der Waals surface area contributed by atoms with Gasteiger partial charge in [-0.3, -0.25) is 0 Å². The quantitative estimate of drug-likeness (QED) is 0.599. The van der Waals surface area contributed by atoms with Gasteiger partial charge in [0, 0.05) is 0 Å². The van der Waals surface area contributed by atoms with E-state index >= 15 is 0 Å². The van der Waals surface area contributed by atoms with Crippen molar-refractivity contribution in [2.45, 2.75) is 20.0 Å². The van der Waals surface area contributed by atoms with Gasteiger partial charge in [0.05, 0.1) is 10.7 Å². The summed E-state index contributed by atoms with van der Waals surface area (Å²) in [5, 5.41) is 0.454. The van der Waals surface area contributed by atoms with E-state index in [-0.39, 0.29) is 5.69 Å². The summed E-state index contributed by atoms with van der Waals surface area (Å²) in [6.45, 7) is 2.93. The minimum atomic E-state index is -4.24. The molecule has 5 heteroatoms. The highest BCUT2D eigenvalue weighted by molar-refractivity contribution is 7.11. The van der Waals surface area contributed by atoms with E-state index in [2.05, 4.69) is 4.98 Å². The molecule has 0 radical (unpaired) electrons. The molecule has 1 rings (SSSR count). The van der Waals surface area contributed by atoms with E-state index in [1.54, 1.807) is 6.92 Å². The highest BCUT2D eigenvalue weighted by Crippen LogP contribution is 2.35. The Morgan fingerprint density at radius 3 is 2.00 bits per heavy atom. The summed E-state index contributed by atoms with van der Waals surface area (Å²) in [4.78, 5) is 3.09. The summed E-state index contributed by atoms with van der Waals surface area (Å²) >= 11 is 0.685. The number of alkyl halides is 3. The van der Waals surface area contributed by atoms with Gasteiger partial charge in [-0.1, -0.05) is 0 Å². The van der Waals surface area contributed by atoms with Crippen molar-refractivity contribution in [3.8, 4) is 0 Å². The van der Waals surface area contributed by atoms with Gasteiger partial charge in [0.25, 0.3) is 0 Å². The number of thiazole rings is 1. The number of nitrogens with zero attached hydrogens (tertiary/aromatic N) is 1. The van der Waals surface area contributed by atoms with Crippen molar-refractivity contribution in [3.05, 3.63) is 15.6 Å². The van der Waals surface area contributed by atoms with Crippen molar-refractivity contribution in [1.82, 2.24) is 4.98 Å². The fourth-order valence-electron chi connectivity index (χ4n) is 0.794. The molecule has 0 spiro atoms. The number of hydrogen-bond donors (Lipinski definition) is 0. The van der Waals surface area contributed by atoms with Crippen LogP contribution >= 0.6 is 11.3 Å². The van der Waals surface area contributed by atoms with Gasteiger partial charge in [0.2, 0.25) is 0 Å². The maximum Gasteiger partial charge on any atom is 0.427 e. The predicted octanol–water partition coefficient (Wildman–Crippen LogP) is 2.78. The lowest BCUT2D eigenvalue weighted by molar-refractivity contribution is -0.134. The topological polar surface area (TPSA) is 12.9 Å². The van der Waals surface area contributed by atoms with Crippen LogP contribution in [0.1, 0.15) is 15.6 Å². The van der Waals surface area contributed by atoms with Crippen LogP contribution in [-0.4, -0.2) is 4.98 Å². The standard InChI is InChI=1S/C6H6F3NS/c1-3-5(6(7,8)9)11-4(2)10-3/h1-2H3. The van der Waals surface area contributed by atoms with Gasteiger partial charge in [-0.25, -0.2) is 4.98 Å². The molecule has 0 N–H and O–H groups in total. The zero-order chi connectivity index (χ0) is 8.65. The first-order valence-corrected chi connectivity index (χ1v) is 3.74. The summed E-state index contributed by atoms with van der Waals surface area (Å²) in [5.41, 5.74) is 0.0694. The average molecular weight is 181 g/mol. The molecule has 0 bridgehead atoms. The van der Waals surface area contributed by atoms with Crippen LogP contribution < -0.4 is 0 Å². The lowest BCUT2D eigenvalue weighted by Gasteiger charge is -2.01. The molecule has 1 heterocycles. The molecule has 1 nitrogen and oxygen atoms in total. The molecule has 0 saturated carbocycles. The molecule has 0 aliphatic carbocycles. The van der Waals surface area contributed by atoms with Crippen molar-refractivity contribution in [2.75, 3.05) is 0 Å². The summed E-state index contributed by atoms with van der Waals surface area (Å²) in [5.74, 6) is 0. The van der Waals surface area contributed by atoms with Crippen LogP contribution in [-0.2, 0) is 6.18 Å². The summed E-state index contributed by atoms with van der Waals surface area (Å²) in [7, 11) is 0. The monoisotopic (exact) mass is 181 g/mol. The van der Waals surface area contributed by atoms with Gasteiger partial charge in [-0.15, -0.1) is 11.3 Å². The second kappa shape index (κ2) is 2.48. The van der Waals surface area contributed by atoms with E-state index in [0.717, 1.165) is 0 Å². The fourth-order valence-corrected chi connectivity index (χ4v) is 1.58. The van der Waals surface area contributed by atoms with E-state index in [0.29, 0.717) is 16.3 Å². The summed E-state index contributed by atoms with van der Waals surface area (Å²) < 4.78 is 36.1. The third kappa shape index (κ3) is 1.71. The minimum absolute atomic E-state index is 0.0694. The molecular formula is C6H6F3NS. The molecule has 0 aromatic carbocycles. The van der Waals surface area contributed by atoms with Crippen LogP contribution in [0.5, 0.6) is 0 Å². The first-order chi connectivity index (χ1) is 4.91. The first kappa shape index (κ1) is 8.52. The van der Waals surface area contributed by atoms with Gasteiger partial charge in [-0.2, -0.15) is 13.2 Å². The second-order valence-corrected chi connectivity index (χ2v) is 3.35. The fraction of sp³-hybridized carbons (Fsp3) is 0.500. The SMILES string of the molecule is Cc1nc(C)c(C(F)(F)F)s1. The van der Waals surface area contributed by atoms with Crippen molar-refractivity contribution in [2.24, 2.45) is 0 Å². The number of rotatable bonds is 0. The van der Waals surface area contributed by atoms with Crippen LogP contribution in [0.2, 0.25) is 0 Å². The maximum absolute atomic E-state index is 12.0. The van der Waals surface area contributed by atoms with Crippen LogP contribution in [0.4, 0.5) is 13.2 Å². The Morgan fingerprint density at radius 1 is 1.27 bits per heavy atom. The molecule has 62 valence electrons. The number of hydrogen-bond acceptors (Lipinski definition) is 2. The van der Waals surface area contributed by atoms with Gasteiger partial charge in [0.1, 0.15) is 4.88 Å². The minimum Gasteiger partial charge on any atom is -0.246 e. The molecule has 11 heavy (non-hydrogen) atoms. The highest BCUT2D eigenvalue weighted by atomic mass is 32.1. The predicted molar refractivity (Wildman–Crippen MR) is 36.6 cm³/mol. The van der Waals surface area contributed by atoms with Crippen molar-refractivity contribution < 1.29 is 13.2 Å². The Labute approximate surface area is 65.9 Å². The number of aromatic nitrogens is 1. The lowest BCUT2D eigenvalue weighted by Crippen LogP contribution is -2.03. The van der Waals surface area contributed by atoms with Gasteiger partial charge >= 0.3 is 6.18 Å². The Hall–Kier alpha value is -0.580. The molecule has 0 atom stereocenters. The Kier molecular flexibility index (Phi) is 1.92. The molecule has 0 amide bonds. The average Bonchev–Trinajstić information content (AvgIpc) is 2.08. The molecule has 0 unspecified atom stereocenters. The Balaban J connectivity index is 3.13. The number of aryl methyl sites for hydroxylation is 2. The van der Waals surface area contributed by atoms with Crippen molar-refractivity contribution >= 4 is 11.3 Å². The van der Waals surface area contributed by atoms with E-state index in [1.165, 1.54) is 6.92 Å². The normalized spacial score (nSPS) is 12.1. The van der Waals surface area contributed by atoms with Crippen LogP contribution in [0.3, 0.4) is 0 Å². The number of halogens is 3. The molecule has 0 aliphatic rings. The van der Waals surface area contributed by atoms with E-state index < -0.39 is 11.1 Å². The largest absolute Gasteiger partial charge is 0.427 e. The Morgan fingerprint density at radius 2 is 1.82 bits per heavy atom. The summed E-state index contributed by atoms with van der Waals surface area (Å²) in [6.07, 6.45) is -4.24. The van der Waals surface area contributed by atoms with E-state index in [1.807, 2.05) is 0 Å². The van der Waals surface area contributed by atoms with Crippen LogP contribution in [0.15, 0.2) is 0 Å². The van der Waals surface area contributed by atoms with Crippen LogP contribution in [0, 0.1) is 13.8 Å².